The molecule has 0 aromatic carbocycles. The number of fused-ring (bicyclic) bond motifs is 2. The van der Waals surface area contributed by atoms with Crippen LogP contribution in [-0.2, 0) is 17.8 Å². The van der Waals surface area contributed by atoms with Crippen LogP contribution in [0.3, 0.4) is 0 Å². The third-order valence-electron chi connectivity index (χ3n) is 8.59. The van der Waals surface area contributed by atoms with E-state index in [1.165, 1.54) is 23.0 Å². The van der Waals surface area contributed by atoms with Crippen molar-refractivity contribution in [2.75, 3.05) is 23.7 Å². The minimum absolute atomic E-state index is 0.0587. The van der Waals surface area contributed by atoms with Gasteiger partial charge in [-0.05, 0) is 75.1 Å². The van der Waals surface area contributed by atoms with Crippen LogP contribution in [0.5, 0.6) is 0 Å². The predicted octanol–water partition coefficient (Wildman–Crippen LogP) is 4.93. The van der Waals surface area contributed by atoms with Gasteiger partial charge in [0.15, 0.2) is 5.82 Å². The Hall–Kier alpha value is -2.57. The highest BCUT2D eigenvalue weighted by Gasteiger charge is 2.51. The van der Waals surface area contributed by atoms with Gasteiger partial charge in [0.1, 0.15) is 21.1 Å². The molecule has 6 rings (SSSR count). The van der Waals surface area contributed by atoms with E-state index in [9.17, 15) is 4.55 Å². The van der Waals surface area contributed by atoms with Crippen LogP contribution in [0.4, 0.5) is 11.6 Å². The third kappa shape index (κ3) is 4.71. The molecule has 210 valence electrons. The minimum atomic E-state index is -1.41. The minimum Gasteiger partial charge on any atom is -0.598 e. The average Bonchev–Trinajstić information content (AvgIpc) is 3.52. The molecule has 5 heterocycles. The lowest BCUT2D eigenvalue weighted by atomic mass is 9.67. The highest BCUT2D eigenvalue weighted by atomic mass is 35.5. The average molecular weight is 597 g/mol. The van der Waals surface area contributed by atoms with E-state index in [-0.39, 0.29) is 11.3 Å². The molecule has 1 aliphatic carbocycles. The number of nitrogen functional groups attached to an aromatic ring is 1. The van der Waals surface area contributed by atoms with Crippen LogP contribution in [0.1, 0.15) is 56.0 Å². The van der Waals surface area contributed by atoms with Gasteiger partial charge >= 0.3 is 0 Å². The van der Waals surface area contributed by atoms with Gasteiger partial charge in [0, 0.05) is 53.9 Å². The first-order chi connectivity index (χ1) is 19.1. The number of hydrogen-bond acceptors (Lipinski definition) is 9. The van der Waals surface area contributed by atoms with Crippen LogP contribution < -0.4 is 15.8 Å². The van der Waals surface area contributed by atoms with Crippen LogP contribution in [-0.4, -0.2) is 47.0 Å². The van der Waals surface area contributed by atoms with Crippen molar-refractivity contribution in [3.63, 3.8) is 0 Å². The molecule has 0 bridgehead atoms. The molecule has 0 saturated carbocycles. The molecule has 0 amide bonds. The Labute approximate surface area is 246 Å². The highest BCUT2D eigenvalue weighted by Crippen LogP contribution is 2.56. The second-order valence-corrected chi connectivity index (χ2v) is 14.6. The maximum atomic E-state index is 12.4. The van der Waals surface area contributed by atoms with Gasteiger partial charge in [0.05, 0.1) is 16.9 Å². The molecule has 1 saturated heterocycles. The fourth-order valence-corrected chi connectivity index (χ4v) is 7.83. The molecule has 4 aromatic heterocycles. The largest absolute Gasteiger partial charge is 0.598 e. The van der Waals surface area contributed by atoms with Crippen LogP contribution in [0.15, 0.2) is 52.8 Å². The summed E-state index contributed by atoms with van der Waals surface area (Å²) in [6.45, 7) is 7.75. The second-order valence-electron chi connectivity index (χ2n) is 11.4. The number of nitrogens with zero attached hydrogens (tertiary/aromatic N) is 6. The van der Waals surface area contributed by atoms with Crippen molar-refractivity contribution in [2.24, 2.45) is 10.6 Å². The van der Waals surface area contributed by atoms with E-state index in [0.29, 0.717) is 10.8 Å². The molecule has 1 aliphatic heterocycles. The quantitative estimate of drug-likeness (QED) is 0.297. The summed E-state index contributed by atoms with van der Waals surface area (Å²) in [6, 6.07) is 8.07. The number of halogens is 1. The summed E-state index contributed by atoms with van der Waals surface area (Å²) in [6.07, 6.45) is 9.03. The molecule has 12 heteroatoms. The van der Waals surface area contributed by atoms with Gasteiger partial charge in [0.2, 0.25) is 0 Å². The lowest BCUT2D eigenvalue weighted by Gasteiger charge is -2.45. The first kappa shape index (κ1) is 27.6. The first-order valence-electron chi connectivity index (χ1n) is 13.4. The predicted molar refractivity (Wildman–Crippen MR) is 161 cm³/mol. The molecule has 2 aliphatic rings. The summed E-state index contributed by atoms with van der Waals surface area (Å²) in [5, 5.41) is 11.9. The highest BCUT2D eigenvalue weighted by molar-refractivity contribution is 7.99. The van der Waals surface area contributed by atoms with Gasteiger partial charge in [-0.25, -0.2) is 14.5 Å². The Kier molecular flexibility index (Phi) is 7.15. The SMILES string of the molecule is Cc1nc(N2CCC3(CC2)Cc2ncccc2[C@H]3CC(C)(C)[S+](N)[O-])c2ccnn2c1Sc1ccnc(N)c1Cl. The van der Waals surface area contributed by atoms with Crippen molar-refractivity contribution in [2.45, 2.75) is 67.0 Å². The van der Waals surface area contributed by atoms with Crippen molar-refractivity contribution in [3.05, 3.63) is 64.8 Å². The zero-order valence-corrected chi connectivity index (χ0v) is 25.2. The van der Waals surface area contributed by atoms with Gasteiger partial charge < -0.3 is 15.2 Å². The molecule has 40 heavy (non-hydrogen) atoms. The maximum Gasteiger partial charge on any atom is 0.155 e. The smallest absolute Gasteiger partial charge is 0.155 e. The van der Waals surface area contributed by atoms with Gasteiger partial charge in [-0.15, -0.1) is 0 Å². The number of hydrogen-bond donors (Lipinski definition) is 2. The molecule has 9 nitrogen and oxygen atoms in total. The molecule has 2 atom stereocenters. The number of anilines is 2. The molecule has 4 N–H and O–H groups in total. The molecule has 4 aromatic rings. The Bertz CT molecular complexity index is 1570. The van der Waals surface area contributed by atoms with Gasteiger partial charge in [-0.2, -0.15) is 10.2 Å². The van der Waals surface area contributed by atoms with Gasteiger partial charge in [-0.3, -0.25) is 4.98 Å². The standard InChI is InChI=1S/C28H33ClN8OS2/c1-17-26(39-22-7-11-33-24(30)23(22)29)37-21(6-12-34-37)25(35-17)36-13-8-28(9-14-36)16-20-18(5-4-10-32-20)19(28)15-27(2,3)40(31)38/h4-7,10-12,19H,8-9,13-16,31H2,1-3H3,(H2,30,33)/t19-,40?/m1/s1. The fourth-order valence-electron chi connectivity index (χ4n) is 6.32. The molecule has 0 radical (unpaired) electrons. The summed E-state index contributed by atoms with van der Waals surface area (Å²) in [7, 11) is 0. The van der Waals surface area contributed by atoms with E-state index in [1.54, 1.807) is 6.20 Å². The normalized spacial score (nSPS) is 19.4. The van der Waals surface area contributed by atoms with E-state index in [2.05, 4.69) is 21.0 Å². The Morgan fingerprint density at radius 3 is 2.70 bits per heavy atom. The molecular weight excluding hydrogens is 564 g/mol. The monoisotopic (exact) mass is 596 g/mol. The van der Waals surface area contributed by atoms with Crippen molar-refractivity contribution >= 4 is 51.9 Å². The Morgan fingerprint density at radius 1 is 1.18 bits per heavy atom. The van der Waals surface area contributed by atoms with E-state index >= 15 is 0 Å². The lowest BCUT2D eigenvalue weighted by Crippen LogP contribution is -2.46. The summed E-state index contributed by atoms with van der Waals surface area (Å²) in [5.74, 6) is 1.50. The van der Waals surface area contributed by atoms with Crippen molar-refractivity contribution in [3.8, 4) is 0 Å². The van der Waals surface area contributed by atoms with Gasteiger partial charge in [0.25, 0.3) is 0 Å². The number of pyridine rings is 2. The Morgan fingerprint density at radius 2 is 1.95 bits per heavy atom. The number of aromatic nitrogens is 5. The zero-order valence-electron chi connectivity index (χ0n) is 22.8. The van der Waals surface area contributed by atoms with Crippen LogP contribution in [0.25, 0.3) is 5.52 Å². The van der Waals surface area contributed by atoms with E-state index in [0.717, 1.165) is 65.7 Å². The fraction of sp³-hybridized carbons (Fsp3) is 0.429. The number of nitrogens with two attached hydrogens (primary N) is 2. The number of rotatable bonds is 6. The molecule has 1 spiro atoms. The number of piperidine rings is 1. The summed E-state index contributed by atoms with van der Waals surface area (Å²) < 4.78 is 13.9. The maximum absolute atomic E-state index is 12.4. The van der Waals surface area contributed by atoms with Crippen molar-refractivity contribution in [1.29, 1.82) is 0 Å². The summed E-state index contributed by atoms with van der Waals surface area (Å²) in [5.41, 5.74) is 10.3. The number of aryl methyl sites for hydroxylation is 1. The Balaban J connectivity index is 1.29. The summed E-state index contributed by atoms with van der Waals surface area (Å²) in [4.78, 5) is 17.1. The molecule has 1 unspecified atom stereocenters. The zero-order chi connectivity index (χ0) is 28.2. The van der Waals surface area contributed by atoms with Crippen molar-refractivity contribution < 1.29 is 4.55 Å². The first-order valence-corrected chi connectivity index (χ1v) is 15.8. The van der Waals surface area contributed by atoms with Crippen molar-refractivity contribution in [1.82, 2.24) is 24.6 Å². The van der Waals surface area contributed by atoms with Gasteiger partial charge in [-0.1, -0.05) is 29.4 Å². The third-order valence-corrected chi connectivity index (χ3v) is 11.6. The van der Waals surface area contributed by atoms with E-state index in [1.807, 2.05) is 55.9 Å². The summed E-state index contributed by atoms with van der Waals surface area (Å²) >= 11 is 6.51. The van der Waals surface area contributed by atoms with Crippen LogP contribution >= 0.6 is 23.4 Å². The molecular formula is C28H33ClN8OS2. The lowest BCUT2D eigenvalue weighted by molar-refractivity contribution is 0.169. The van der Waals surface area contributed by atoms with Crippen LogP contribution in [0, 0.1) is 12.3 Å². The topological polar surface area (TPSA) is 134 Å². The van der Waals surface area contributed by atoms with Crippen LogP contribution in [0.2, 0.25) is 5.02 Å². The van der Waals surface area contributed by atoms with E-state index < -0.39 is 16.1 Å². The molecule has 1 fully saturated rings. The second kappa shape index (κ2) is 10.4. The van der Waals surface area contributed by atoms with E-state index in [4.69, 9.17) is 32.4 Å².